The van der Waals surface area contributed by atoms with E-state index in [1.165, 1.54) is 23.5 Å². The third kappa shape index (κ3) is 4.75. The molecule has 39 heavy (non-hydrogen) atoms. The number of nitrogens with one attached hydrogen (secondary N) is 1. The molecule has 1 aliphatic heterocycles. The number of piperidine rings is 1. The Balaban J connectivity index is 1.37. The molecule has 196 valence electrons. The van der Waals surface area contributed by atoms with Crippen LogP contribution in [0.3, 0.4) is 0 Å². The molecule has 0 unspecified atom stereocenters. The Bertz CT molecular complexity index is 1660. The van der Waals surface area contributed by atoms with E-state index in [0.717, 1.165) is 66.5 Å². The smallest absolute Gasteiger partial charge is 0.192 e. The molecule has 1 aromatic carbocycles. The molecule has 10 heteroatoms. The molecular formula is C29H27FN8S. The minimum Gasteiger partial charge on any atom is -0.317 e. The summed E-state index contributed by atoms with van der Waals surface area (Å²) in [4.78, 5) is 21.5. The highest BCUT2D eigenvalue weighted by Gasteiger charge is 2.22. The monoisotopic (exact) mass is 538 g/mol. The molecule has 0 aliphatic carbocycles. The molecule has 0 spiro atoms. The number of rotatable bonds is 6. The second-order valence-corrected chi connectivity index (χ2v) is 10.6. The summed E-state index contributed by atoms with van der Waals surface area (Å²) in [6.07, 6.45) is 8.71. The fourth-order valence-electron chi connectivity index (χ4n) is 5.04. The van der Waals surface area contributed by atoms with Crippen LogP contribution in [0.15, 0.2) is 55.0 Å². The molecular weight excluding hydrogens is 511 g/mol. The van der Waals surface area contributed by atoms with Crippen molar-refractivity contribution in [3.63, 3.8) is 0 Å². The van der Waals surface area contributed by atoms with E-state index in [1.54, 1.807) is 12.1 Å². The van der Waals surface area contributed by atoms with Gasteiger partial charge in [0, 0.05) is 48.2 Å². The van der Waals surface area contributed by atoms with Crippen molar-refractivity contribution < 1.29 is 4.39 Å². The lowest BCUT2D eigenvalue weighted by Gasteiger charge is -2.21. The fourth-order valence-corrected chi connectivity index (χ4v) is 5.89. The summed E-state index contributed by atoms with van der Waals surface area (Å²) in [6, 6.07) is 12.3. The lowest BCUT2D eigenvalue weighted by molar-refractivity contribution is 0.445. The van der Waals surface area contributed by atoms with Gasteiger partial charge in [-0.2, -0.15) is 5.26 Å². The molecule has 0 bridgehead atoms. The highest BCUT2D eigenvalue weighted by atomic mass is 32.1. The van der Waals surface area contributed by atoms with Crippen molar-refractivity contribution in [2.45, 2.75) is 32.1 Å². The van der Waals surface area contributed by atoms with Crippen LogP contribution in [0.5, 0.6) is 0 Å². The molecule has 5 heterocycles. The summed E-state index contributed by atoms with van der Waals surface area (Å²) >= 11 is 1.30. The van der Waals surface area contributed by atoms with E-state index in [1.807, 2.05) is 36.5 Å². The third-order valence-electron chi connectivity index (χ3n) is 7.15. The first-order chi connectivity index (χ1) is 19.1. The summed E-state index contributed by atoms with van der Waals surface area (Å²) in [7, 11) is 1.93. The predicted molar refractivity (Wildman–Crippen MR) is 151 cm³/mol. The van der Waals surface area contributed by atoms with Gasteiger partial charge >= 0.3 is 0 Å². The lowest BCUT2D eigenvalue weighted by Crippen LogP contribution is -2.27. The summed E-state index contributed by atoms with van der Waals surface area (Å²) in [5.74, 6) is 1.86. The predicted octanol–water partition coefficient (Wildman–Crippen LogP) is 5.72. The van der Waals surface area contributed by atoms with Crippen LogP contribution in [0.4, 0.5) is 15.3 Å². The van der Waals surface area contributed by atoms with Crippen LogP contribution >= 0.6 is 11.3 Å². The normalized spacial score (nSPS) is 14.0. The second kappa shape index (κ2) is 10.5. The van der Waals surface area contributed by atoms with Crippen LogP contribution in [-0.2, 0) is 6.42 Å². The number of halogens is 1. The molecule has 1 aliphatic rings. The topological polar surface area (TPSA) is 95.0 Å². The first-order valence-electron chi connectivity index (χ1n) is 13.0. The minimum atomic E-state index is -0.328. The molecule has 0 amide bonds. The van der Waals surface area contributed by atoms with Crippen molar-refractivity contribution >= 4 is 27.9 Å². The maximum absolute atomic E-state index is 13.5. The van der Waals surface area contributed by atoms with Gasteiger partial charge in [-0.25, -0.2) is 24.3 Å². The standard InChI is InChI=1S/C29H27FN8S/c1-3-23-28(37(2)29-36-26(24(14-31)39-29)18-4-7-22(30)8-5-18)38-17-20(6-9-25(38)35-23)21-15-33-27(34-16-21)19-10-12-32-13-11-19/h4-9,15-17,19,32H,3,10-13H2,1-2H3. The average molecular weight is 539 g/mol. The average Bonchev–Trinajstić information content (AvgIpc) is 3.59. The van der Waals surface area contributed by atoms with Gasteiger partial charge in [-0.05, 0) is 68.8 Å². The van der Waals surface area contributed by atoms with Crippen molar-refractivity contribution in [1.82, 2.24) is 29.7 Å². The van der Waals surface area contributed by atoms with Gasteiger partial charge in [0.15, 0.2) is 5.13 Å². The number of hydrogen-bond donors (Lipinski definition) is 1. The molecule has 0 atom stereocenters. The van der Waals surface area contributed by atoms with Crippen LogP contribution in [0, 0.1) is 17.1 Å². The molecule has 6 rings (SSSR count). The number of aromatic nitrogens is 5. The maximum Gasteiger partial charge on any atom is 0.192 e. The maximum atomic E-state index is 13.5. The number of nitriles is 1. The lowest BCUT2D eigenvalue weighted by atomic mass is 9.97. The minimum absolute atomic E-state index is 0.328. The largest absolute Gasteiger partial charge is 0.317 e. The van der Waals surface area contributed by atoms with E-state index in [0.29, 0.717) is 27.2 Å². The molecule has 0 saturated carbocycles. The Labute approximate surface area is 229 Å². The van der Waals surface area contributed by atoms with Crippen molar-refractivity contribution in [1.29, 1.82) is 5.26 Å². The Morgan fingerprint density at radius 2 is 1.77 bits per heavy atom. The van der Waals surface area contributed by atoms with E-state index in [2.05, 4.69) is 28.9 Å². The van der Waals surface area contributed by atoms with Crippen molar-refractivity contribution in [2.24, 2.45) is 0 Å². The summed E-state index contributed by atoms with van der Waals surface area (Å²) in [5.41, 5.74) is 4.91. The van der Waals surface area contributed by atoms with Crippen molar-refractivity contribution in [3.05, 3.63) is 77.2 Å². The van der Waals surface area contributed by atoms with Gasteiger partial charge in [0.25, 0.3) is 0 Å². The van der Waals surface area contributed by atoms with Crippen LogP contribution in [0.2, 0.25) is 0 Å². The quantitative estimate of drug-likeness (QED) is 0.295. The van der Waals surface area contributed by atoms with Crippen LogP contribution < -0.4 is 10.2 Å². The van der Waals surface area contributed by atoms with Gasteiger partial charge in [0.05, 0.1) is 5.69 Å². The zero-order chi connectivity index (χ0) is 26.9. The summed E-state index contributed by atoms with van der Waals surface area (Å²) in [6.45, 7) is 4.08. The van der Waals surface area contributed by atoms with Crippen molar-refractivity contribution in [2.75, 3.05) is 25.0 Å². The highest BCUT2D eigenvalue weighted by Crippen LogP contribution is 2.37. The number of thiazole rings is 1. The zero-order valence-corrected chi connectivity index (χ0v) is 22.5. The SMILES string of the molecule is CCc1nc2ccc(-c3cnc(C4CCNCC4)nc3)cn2c1N(C)c1nc(-c2ccc(F)cc2)c(C#N)s1. The first kappa shape index (κ1) is 25.1. The molecule has 1 fully saturated rings. The number of fused-ring (bicyclic) bond motifs is 1. The number of benzene rings is 1. The number of aryl methyl sites for hydroxylation is 1. The van der Waals surface area contributed by atoms with E-state index in [9.17, 15) is 9.65 Å². The van der Waals surface area contributed by atoms with Crippen LogP contribution in [0.25, 0.3) is 28.0 Å². The van der Waals surface area contributed by atoms with Crippen LogP contribution in [-0.4, -0.2) is 44.5 Å². The van der Waals surface area contributed by atoms with E-state index < -0.39 is 0 Å². The molecule has 1 N–H and O–H groups in total. The van der Waals surface area contributed by atoms with E-state index in [4.69, 9.17) is 19.9 Å². The van der Waals surface area contributed by atoms with Gasteiger partial charge < -0.3 is 10.2 Å². The van der Waals surface area contributed by atoms with Crippen molar-refractivity contribution in [3.8, 4) is 28.5 Å². The number of pyridine rings is 1. The van der Waals surface area contributed by atoms with Gasteiger partial charge in [-0.15, -0.1) is 0 Å². The Morgan fingerprint density at radius 1 is 1.05 bits per heavy atom. The molecule has 8 nitrogen and oxygen atoms in total. The summed E-state index contributed by atoms with van der Waals surface area (Å²) in [5, 5.41) is 13.8. The molecule has 4 aromatic heterocycles. The number of hydrogen-bond acceptors (Lipinski definition) is 8. The van der Waals surface area contributed by atoms with E-state index in [-0.39, 0.29) is 5.82 Å². The zero-order valence-electron chi connectivity index (χ0n) is 21.7. The van der Waals surface area contributed by atoms with Gasteiger partial charge in [0.1, 0.15) is 39.7 Å². The van der Waals surface area contributed by atoms with E-state index >= 15 is 0 Å². The summed E-state index contributed by atoms with van der Waals surface area (Å²) < 4.78 is 15.5. The Hall–Kier alpha value is -4.20. The van der Waals surface area contributed by atoms with Gasteiger partial charge in [0.2, 0.25) is 0 Å². The third-order valence-corrected chi connectivity index (χ3v) is 8.18. The van der Waals surface area contributed by atoms with Crippen LogP contribution in [0.1, 0.15) is 42.1 Å². The molecule has 5 aromatic rings. The fraction of sp³-hybridized carbons (Fsp3) is 0.276. The second-order valence-electron chi connectivity index (χ2n) is 9.59. The van der Waals surface area contributed by atoms with Gasteiger partial charge in [-0.1, -0.05) is 18.3 Å². The molecule has 0 radical (unpaired) electrons. The van der Waals surface area contributed by atoms with Gasteiger partial charge in [-0.3, -0.25) is 4.40 Å². The number of nitrogens with zero attached hydrogens (tertiary/aromatic N) is 7. The Kier molecular flexibility index (Phi) is 6.77. The highest BCUT2D eigenvalue weighted by molar-refractivity contribution is 7.16. The number of imidazole rings is 1. The molecule has 1 saturated heterocycles. The number of anilines is 2. The first-order valence-corrected chi connectivity index (χ1v) is 13.8. The Morgan fingerprint density at radius 3 is 2.46 bits per heavy atom.